The summed E-state index contributed by atoms with van der Waals surface area (Å²) in [5.74, 6) is -0.438. The predicted octanol–water partition coefficient (Wildman–Crippen LogP) is 3.43. The molecule has 0 spiro atoms. The number of sulfonamides is 1. The molecule has 1 unspecified atom stereocenters. The standard InChI is InChI=1S/C28H28N6O7S2/c1-6-23(27(36)32-17-7-9-18(10-8-17)43(37,38)34-15(2)35)42-28-20(14-30)24(19(13-29)26(31)33-28)16-11-21(39-3)25(41-5)22(12-16)40-4/h7-12,23H,6H2,1-5H3,(H2,31,33)(H,32,36)(H,34,35). The Hall–Kier alpha value is -4.99. The van der Waals surface area contributed by atoms with Gasteiger partial charge in [0, 0.05) is 18.2 Å². The van der Waals surface area contributed by atoms with Gasteiger partial charge in [-0.2, -0.15) is 10.5 Å². The third-order valence-electron chi connectivity index (χ3n) is 6.00. The summed E-state index contributed by atoms with van der Waals surface area (Å²) in [6, 6.07) is 12.5. The van der Waals surface area contributed by atoms with Gasteiger partial charge in [-0.25, -0.2) is 18.1 Å². The Kier molecular flexibility index (Phi) is 10.4. The van der Waals surface area contributed by atoms with Crippen molar-refractivity contribution in [3.8, 4) is 40.5 Å². The Bertz CT molecular complexity index is 1720. The van der Waals surface area contributed by atoms with Gasteiger partial charge in [-0.15, -0.1) is 0 Å². The van der Waals surface area contributed by atoms with Gasteiger partial charge in [0.15, 0.2) is 11.5 Å². The monoisotopic (exact) mass is 624 g/mol. The first kappa shape index (κ1) is 32.5. The van der Waals surface area contributed by atoms with Crippen molar-refractivity contribution in [1.82, 2.24) is 9.71 Å². The number of anilines is 2. The van der Waals surface area contributed by atoms with Crippen LogP contribution in [0.25, 0.3) is 11.1 Å². The summed E-state index contributed by atoms with van der Waals surface area (Å²) in [7, 11) is 0.267. The molecule has 15 heteroatoms. The molecule has 0 aliphatic carbocycles. The molecule has 1 heterocycles. The van der Waals surface area contributed by atoms with Gasteiger partial charge in [0.25, 0.3) is 10.0 Å². The lowest BCUT2D eigenvalue weighted by Gasteiger charge is -2.19. The molecule has 4 N–H and O–H groups in total. The maximum absolute atomic E-state index is 13.2. The highest BCUT2D eigenvalue weighted by Crippen LogP contribution is 2.44. The first-order valence-electron chi connectivity index (χ1n) is 12.5. The van der Waals surface area contributed by atoms with E-state index in [1.165, 1.54) is 45.6 Å². The zero-order chi connectivity index (χ0) is 31.9. The predicted molar refractivity (Wildman–Crippen MR) is 159 cm³/mol. The van der Waals surface area contributed by atoms with E-state index in [0.717, 1.165) is 18.7 Å². The SMILES string of the molecule is CCC(Sc1nc(N)c(C#N)c(-c2cc(OC)c(OC)c(OC)c2)c1C#N)C(=O)Nc1ccc(S(=O)(=O)NC(C)=O)cc1. The van der Waals surface area contributed by atoms with Crippen molar-refractivity contribution < 1.29 is 32.2 Å². The topological polar surface area (TPSA) is 207 Å². The van der Waals surface area contributed by atoms with E-state index >= 15 is 0 Å². The van der Waals surface area contributed by atoms with E-state index in [4.69, 9.17) is 19.9 Å². The second-order valence-electron chi connectivity index (χ2n) is 8.75. The van der Waals surface area contributed by atoms with Crippen LogP contribution in [0.4, 0.5) is 11.5 Å². The number of ether oxygens (including phenoxy) is 3. The third-order valence-corrected chi connectivity index (χ3v) is 8.80. The van der Waals surface area contributed by atoms with Gasteiger partial charge in [-0.3, -0.25) is 9.59 Å². The number of pyridine rings is 1. The summed E-state index contributed by atoms with van der Waals surface area (Å²) in [6.07, 6.45) is 0.317. The summed E-state index contributed by atoms with van der Waals surface area (Å²) in [5.41, 5.74) is 7.01. The van der Waals surface area contributed by atoms with Crippen molar-refractivity contribution in [2.45, 2.75) is 35.4 Å². The maximum Gasteiger partial charge on any atom is 0.264 e. The summed E-state index contributed by atoms with van der Waals surface area (Å²) in [5, 5.41) is 22.2. The van der Waals surface area contributed by atoms with Crippen LogP contribution in [0.2, 0.25) is 0 Å². The van der Waals surface area contributed by atoms with Crippen LogP contribution in [0, 0.1) is 22.7 Å². The number of methoxy groups -OCH3 is 3. The Morgan fingerprint density at radius 3 is 2.07 bits per heavy atom. The molecule has 0 saturated carbocycles. The number of nitrogen functional groups attached to an aromatic ring is 1. The van der Waals surface area contributed by atoms with Gasteiger partial charge in [-0.1, -0.05) is 18.7 Å². The van der Waals surface area contributed by atoms with Gasteiger partial charge < -0.3 is 25.3 Å². The molecule has 1 aromatic heterocycles. The van der Waals surface area contributed by atoms with Crippen LogP contribution in [0.15, 0.2) is 46.3 Å². The average Bonchev–Trinajstić information content (AvgIpc) is 2.98. The van der Waals surface area contributed by atoms with E-state index in [-0.39, 0.29) is 43.9 Å². The highest BCUT2D eigenvalue weighted by atomic mass is 32.2. The van der Waals surface area contributed by atoms with Gasteiger partial charge in [-0.05, 0) is 48.4 Å². The minimum atomic E-state index is -4.04. The number of nitrogens with zero attached hydrogens (tertiary/aromatic N) is 3. The van der Waals surface area contributed by atoms with Crippen LogP contribution in [-0.2, 0) is 19.6 Å². The van der Waals surface area contributed by atoms with E-state index in [1.54, 1.807) is 19.1 Å². The summed E-state index contributed by atoms with van der Waals surface area (Å²) in [4.78, 5) is 28.5. The van der Waals surface area contributed by atoms with Crippen molar-refractivity contribution in [3.63, 3.8) is 0 Å². The molecule has 0 aliphatic rings. The second-order valence-corrected chi connectivity index (χ2v) is 11.6. The van der Waals surface area contributed by atoms with E-state index in [1.807, 2.05) is 10.8 Å². The normalized spacial score (nSPS) is 11.4. The van der Waals surface area contributed by atoms with Crippen molar-refractivity contribution in [3.05, 3.63) is 47.5 Å². The molecule has 0 radical (unpaired) electrons. The number of amides is 2. The minimum absolute atomic E-state index is 0.0174. The zero-order valence-corrected chi connectivity index (χ0v) is 25.5. The number of nitriles is 2. The largest absolute Gasteiger partial charge is 0.493 e. The van der Waals surface area contributed by atoms with Gasteiger partial charge in [0.1, 0.15) is 28.5 Å². The van der Waals surface area contributed by atoms with Crippen LogP contribution in [-0.4, -0.2) is 51.8 Å². The molecule has 2 aromatic carbocycles. The molecule has 2 amide bonds. The van der Waals surface area contributed by atoms with Crippen molar-refractivity contribution in [1.29, 1.82) is 10.5 Å². The molecule has 3 aromatic rings. The Labute approximate surface area is 253 Å². The summed E-state index contributed by atoms with van der Waals surface area (Å²) < 4.78 is 42.5. The van der Waals surface area contributed by atoms with Gasteiger partial charge in [0.2, 0.25) is 17.6 Å². The lowest BCUT2D eigenvalue weighted by Crippen LogP contribution is -2.28. The molecule has 0 bridgehead atoms. The number of carbonyl (C=O) groups excluding carboxylic acids is 2. The molecular formula is C28H28N6O7S2. The number of nitrogens with one attached hydrogen (secondary N) is 2. The smallest absolute Gasteiger partial charge is 0.264 e. The fourth-order valence-corrected chi connectivity index (χ4v) is 6.05. The van der Waals surface area contributed by atoms with Gasteiger partial charge >= 0.3 is 0 Å². The van der Waals surface area contributed by atoms with E-state index < -0.39 is 27.1 Å². The summed E-state index contributed by atoms with van der Waals surface area (Å²) >= 11 is 0.986. The second kappa shape index (κ2) is 13.8. The Morgan fingerprint density at radius 2 is 1.60 bits per heavy atom. The molecule has 0 saturated heterocycles. The Morgan fingerprint density at radius 1 is 1.02 bits per heavy atom. The number of rotatable bonds is 11. The van der Waals surface area contributed by atoms with Crippen LogP contribution in [0.1, 0.15) is 31.4 Å². The van der Waals surface area contributed by atoms with Crippen LogP contribution < -0.4 is 30.0 Å². The molecule has 3 rings (SSSR count). The van der Waals surface area contributed by atoms with Crippen molar-refractivity contribution in [2.24, 2.45) is 0 Å². The molecular weight excluding hydrogens is 596 g/mol. The lowest BCUT2D eigenvalue weighted by atomic mass is 9.96. The molecule has 43 heavy (non-hydrogen) atoms. The van der Waals surface area contributed by atoms with E-state index in [0.29, 0.717) is 23.4 Å². The number of hydrogen-bond donors (Lipinski definition) is 3. The van der Waals surface area contributed by atoms with E-state index in [2.05, 4.69) is 16.4 Å². The number of carbonyl (C=O) groups is 2. The molecule has 13 nitrogen and oxygen atoms in total. The van der Waals surface area contributed by atoms with Crippen LogP contribution >= 0.6 is 11.8 Å². The Balaban J connectivity index is 2.01. The van der Waals surface area contributed by atoms with Gasteiger partial charge in [0.05, 0.1) is 37.0 Å². The van der Waals surface area contributed by atoms with Crippen molar-refractivity contribution >= 4 is 45.1 Å². The summed E-state index contributed by atoms with van der Waals surface area (Å²) in [6.45, 7) is 2.84. The van der Waals surface area contributed by atoms with Crippen LogP contribution in [0.3, 0.4) is 0 Å². The number of aromatic nitrogens is 1. The lowest BCUT2D eigenvalue weighted by molar-refractivity contribution is -0.117. The average molecular weight is 625 g/mol. The minimum Gasteiger partial charge on any atom is -0.493 e. The maximum atomic E-state index is 13.2. The quantitative estimate of drug-likeness (QED) is 0.262. The first-order valence-corrected chi connectivity index (χ1v) is 14.9. The van der Waals surface area contributed by atoms with E-state index in [9.17, 15) is 28.5 Å². The molecule has 224 valence electrons. The third kappa shape index (κ3) is 7.09. The highest BCUT2D eigenvalue weighted by Gasteiger charge is 2.27. The zero-order valence-electron chi connectivity index (χ0n) is 23.8. The fourth-order valence-electron chi connectivity index (χ4n) is 4.04. The molecule has 0 aliphatic heterocycles. The molecule has 0 fully saturated rings. The number of hydrogen-bond acceptors (Lipinski definition) is 12. The van der Waals surface area contributed by atoms with Crippen LogP contribution in [0.5, 0.6) is 17.2 Å². The highest BCUT2D eigenvalue weighted by molar-refractivity contribution is 8.00. The number of nitrogens with two attached hydrogens (primary N) is 1. The first-order chi connectivity index (χ1) is 20.4. The van der Waals surface area contributed by atoms with Crippen molar-refractivity contribution in [2.75, 3.05) is 32.4 Å². The fraction of sp³-hybridized carbons (Fsp3) is 0.250. The number of benzene rings is 2. The number of thioether (sulfide) groups is 1. The molecule has 1 atom stereocenters.